The van der Waals surface area contributed by atoms with Gasteiger partial charge in [0.15, 0.2) is 0 Å². The maximum Gasteiger partial charge on any atom is 0.126 e. The summed E-state index contributed by atoms with van der Waals surface area (Å²) in [5.41, 5.74) is 7.62. The number of hydrogen-bond acceptors (Lipinski definition) is 3. The van der Waals surface area contributed by atoms with Crippen molar-refractivity contribution >= 4 is 0 Å². The Bertz CT molecular complexity index is 440. The number of aromatic hydroxyl groups is 1. The Morgan fingerprint density at radius 1 is 1.16 bits per heavy atom. The average Bonchev–Trinajstić information content (AvgIpc) is 2.46. The maximum atomic E-state index is 9.55. The summed E-state index contributed by atoms with van der Waals surface area (Å²) in [6.07, 6.45) is 8.56. The number of hydrogen-bond donors (Lipinski definition) is 2. The highest BCUT2D eigenvalue weighted by Crippen LogP contribution is 2.34. The van der Waals surface area contributed by atoms with Crippen molar-refractivity contribution in [2.75, 3.05) is 0 Å². The zero-order chi connectivity index (χ0) is 13.2. The van der Waals surface area contributed by atoms with E-state index in [4.69, 9.17) is 10.5 Å². The van der Waals surface area contributed by atoms with Gasteiger partial charge in [0.25, 0.3) is 0 Å². The van der Waals surface area contributed by atoms with Crippen LogP contribution < -0.4 is 10.5 Å². The molecule has 0 aromatic heterocycles. The van der Waals surface area contributed by atoms with Crippen molar-refractivity contribution in [1.82, 2.24) is 0 Å². The molecular formula is C16H23NO2. The predicted molar refractivity (Wildman–Crippen MR) is 75.4 cm³/mol. The molecule has 3 heteroatoms. The van der Waals surface area contributed by atoms with Crippen molar-refractivity contribution in [3.05, 3.63) is 23.8 Å². The molecule has 2 unspecified atom stereocenters. The molecule has 3 N–H and O–H groups in total. The summed E-state index contributed by atoms with van der Waals surface area (Å²) in [7, 11) is 0. The minimum absolute atomic E-state index is 0.109. The number of phenols is 1. The van der Waals surface area contributed by atoms with E-state index in [1.165, 1.54) is 37.7 Å². The normalized spacial score (nSPS) is 25.4. The Morgan fingerprint density at radius 3 is 2.74 bits per heavy atom. The molecule has 1 aliphatic carbocycles. The predicted octanol–water partition coefficient (Wildman–Crippen LogP) is 2.99. The van der Waals surface area contributed by atoms with Gasteiger partial charge in [0.2, 0.25) is 0 Å². The standard InChI is InChI=1S/C16H23NO2/c17-16(12-4-2-1-3-5-12)14-9-7-11-6-8-13(18)10-15(11)19-14/h6,8,10,12,14,16,18H,1-5,7,9,17H2. The van der Waals surface area contributed by atoms with E-state index in [0.29, 0.717) is 5.92 Å². The third kappa shape index (κ3) is 2.71. The van der Waals surface area contributed by atoms with Crippen molar-refractivity contribution < 1.29 is 9.84 Å². The van der Waals surface area contributed by atoms with Gasteiger partial charge < -0.3 is 15.6 Å². The van der Waals surface area contributed by atoms with E-state index in [-0.39, 0.29) is 17.9 Å². The molecule has 0 bridgehead atoms. The van der Waals surface area contributed by atoms with Gasteiger partial charge in [-0.15, -0.1) is 0 Å². The first kappa shape index (κ1) is 12.8. The van der Waals surface area contributed by atoms with Crippen molar-refractivity contribution in [3.63, 3.8) is 0 Å². The van der Waals surface area contributed by atoms with Crippen LogP contribution in [0, 0.1) is 5.92 Å². The molecular weight excluding hydrogens is 238 g/mol. The van der Waals surface area contributed by atoms with Crippen LogP contribution in [0.5, 0.6) is 11.5 Å². The van der Waals surface area contributed by atoms with Crippen LogP contribution in [0.1, 0.15) is 44.1 Å². The second-order valence-corrected chi connectivity index (χ2v) is 5.96. The average molecular weight is 261 g/mol. The summed E-state index contributed by atoms with van der Waals surface area (Å²) in [5.74, 6) is 1.70. The largest absolute Gasteiger partial charge is 0.508 e. The molecule has 3 rings (SSSR count). The lowest BCUT2D eigenvalue weighted by Gasteiger charge is -2.36. The minimum Gasteiger partial charge on any atom is -0.508 e. The smallest absolute Gasteiger partial charge is 0.126 e. The molecule has 1 aromatic carbocycles. The monoisotopic (exact) mass is 261 g/mol. The SMILES string of the molecule is NC(C1CCCCC1)C1CCc2ccc(O)cc2O1. The van der Waals surface area contributed by atoms with E-state index in [2.05, 4.69) is 0 Å². The van der Waals surface area contributed by atoms with E-state index in [1.807, 2.05) is 6.07 Å². The second kappa shape index (κ2) is 5.41. The molecule has 2 aliphatic rings. The molecule has 0 radical (unpaired) electrons. The van der Waals surface area contributed by atoms with Crippen LogP contribution in [0.4, 0.5) is 0 Å². The van der Waals surface area contributed by atoms with Gasteiger partial charge in [0.1, 0.15) is 17.6 Å². The molecule has 19 heavy (non-hydrogen) atoms. The van der Waals surface area contributed by atoms with Crippen molar-refractivity contribution in [3.8, 4) is 11.5 Å². The fourth-order valence-electron chi connectivity index (χ4n) is 3.47. The third-order valence-electron chi connectivity index (χ3n) is 4.65. The first-order valence-corrected chi connectivity index (χ1v) is 7.48. The van der Waals surface area contributed by atoms with Crippen molar-refractivity contribution in [2.45, 2.75) is 57.1 Å². The molecule has 0 amide bonds. The highest BCUT2D eigenvalue weighted by atomic mass is 16.5. The molecule has 0 spiro atoms. The number of phenolic OH excluding ortho intramolecular Hbond substituents is 1. The zero-order valence-electron chi connectivity index (χ0n) is 11.3. The van der Waals surface area contributed by atoms with Gasteiger partial charge in [-0.2, -0.15) is 0 Å². The van der Waals surface area contributed by atoms with Crippen LogP contribution in [0.15, 0.2) is 18.2 Å². The first-order chi connectivity index (χ1) is 9.24. The molecule has 104 valence electrons. The lowest BCUT2D eigenvalue weighted by molar-refractivity contribution is 0.106. The van der Waals surface area contributed by atoms with Crippen LogP contribution in [-0.2, 0) is 6.42 Å². The Morgan fingerprint density at radius 2 is 1.95 bits per heavy atom. The molecule has 2 atom stereocenters. The van der Waals surface area contributed by atoms with Gasteiger partial charge in [-0.25, -0.2) is 0 Å². The topological polar surface area (TPSA) is 55.5 Å². The number of nitrogens with two attached hydrogens (primary N) is 1. The molecule has 3 nitrogen and oxygen atoms in total. The van der Waals surface area contributed by atoms with Crippen LogP contribution in [0.3, 0.4) is 0 Å². The zero-order valence-corrected chi connectivity index (χ0v) is 11.3. The molecule has 0 saturated heterocycles. The number of aryl methyl sites for hydroxylation is 1. The molecule has 1 heterocycles. The summed E-state index contributed by atoms with van der Waals surface area (Å²) >= 11 is 0. The van der Waals surface area contributed by atoms with Crippen molar-refractivity contribution in [2.24, 2.45) is 11.7 Å². The Kier molecular flexibility index (Phi) is 3.65. The van der Waals surface area contributed by atoms with E-state index in [1.54, 1.807) is 12.1 Å². The van der Waals surface area contributed by atoms with E-state index < -0.39 is 0 Å². The minimum atomic E-state index is 0.109. The second-order valence-electron chi connectivity index (χ2n) is 5.96. The first-order valence-electron chi connectivity index (χ1n) is 7.48. The van der Waals surface area contributed by atoms with Gasteiger partial charge in [-0.05, 0) is 43.2 Å². The quantitative estimate of drug-likeness (QED) is 0.860. The Balaban J connectivity index is 1.70. The van der Waals surface area contributed by atoms with Gasteiger partial charge in [0.05, 0.1) is 0 Å². The molecule has 1 saturated carbocycles. The lowest BCUT2D eigenvalue weighted by atomic mass is 9.80. The summed E-state index contributed by atoms with van der Waals surface area (Å²) in [6, 6.07) is 5.53. The number of rotatable bonds is 2. The van der Waals surface area contributed by atoms with Crippen LogP contribution in [-0.4, -0.2) is 17.3 Å². The van der Waals surface area contributed by atoms with Gasteiger partial charge in [0, 0.05) is 12.1 Å². The number of fused-ring (bicyclic) bond motifs is 1. The van der Waals surface area contributed by atoms with Gasteiger partial charge in [-0.1, -0.05) is 25.3 Å². The van der Waals surface area contributed by atoms with E-state index in [9.17, 15) is 5.11 Å². The fourth-order valence-corrected chi connectivity index (χ4v) is 3.47. The highest BCUT2D eigenvalue weighted by molar-refractivity contribution is 5.41. The summed E-state index contributed by atoms with van der Waals surface area (Å²) in [6.45, 7) is 0. The summed E-state index contributed by atoms with van der Waals surface area (Å²) < 4.78 is 6.04. The highest BCUT2D eigenvalue weighted by Gasteiger charge is 2.31. The summed E-state index contributed by atoms with van der Waals surface area (Å²) in [5, 5.41) is 9.55. The van der Waals surface area contributed by atoms with Crippen LogP contribution >= 0.6 is 0 Å². The maximum absolute atomic E-state index is 9.55. The Hall–Kier alpha value is -1.22. The number of ether oxygens (including phenoxy) is 1. The Labute approximate surface area is 114 Å². The van der Waals surface area contributed by atoms with Crippen molar-refractivity contribution in [1.29, 1.82) is 0 Å². The third-order valence-corrected chi connectivity index (χ3v) is 4.65. The molecule has 1 fully saturated rings. The lowest BCUT2D eigenvalue weighted by Crippen LogP contribution is -2.46. The van der Waals surface area contributed by atoms with Gasteiger partial charge in [-0.3, -0.25) is 0 Å². The van der Waals surface area contributed by atoms with Crippen LogP contribution in [0.25, 0.3) is 0 Å². The number of benzene rings is 1. The summed E-state index contributed by atoms with van der Waals surface area (Å²) in [4.78, 5) is 0. The van der Waals surface area contributed by atoms with E-state index in [0.717, 1.165) is 18.6 Å². The van der Waals surface area contributed by atoms with E-state index >= 15 is 0 Å². The van der Waals surface area contributed by atoms with Crippen LogP contribution in [0.2, 0.25) is 0 Å². The van der Waals surface area contributed by atoms with Gasteiger partial charge >= 0.3 is 0 Å². The fraction of sp³-hybridized carbons (Fsp3) is 0.625. The molecule has 1 aromatic rings. The molecule has 1 aliphatic heterocycles.